The van der Waals surface area contributed by atoms with Crippen molar-refractivity contribution in [3.8, 4) is 11.4 Å². The highest BCUT2D eigenvalue weighted by molar-refractivity contribution is 7.99. The van der Waals surface area contributed by atoms with Crippen LogP contribution in [0.3, 0.4) is 0 Å². The smallest absolute Gasteiger partial charge is 0.196 e. The van der Waals surface area contributed by atoms with Gasteiger partial charge in [0, 0.05) is 5.56 Å². The van der Waals surface area contributed by atoms with Crippen molar-refractivity contribution in [2.75, 3.05) is 12.9 Å². The van der Waals surface area contributed by atoms with E-state index in [2.05, 4.69) is 10.2 Å². The number of benzene rings is 2. The predicted molar refractivity (Wildman–Crippen MR) is 98.9 cm³/mol. The predicted octanol–water partition coefficient (Wildman–Crippen LogP) is 3.87. The van der Waals surface area contributed by atoms with Gasteiger partial charge in [-0.25, -0.2) is 0 Å². The zero-order valence-corrected chi connectivity index (χ0v) is 15.2. The molecule has 0 N–H and O–H groups in total. The summed E-state index contributed by atoms with van der Waals surface area (Å²) in [6.45, 7) is 4.05. The molecule has 1 aromatic heterocycles. The first kappa shape index (κ1) is 17.2. The molecule has 0 aliphatic rings. The van der Waals surface area contributed by atoms with Crippen LogP contribution in [0.25, 0.3) is 5.69 Å². The molecule has 2 aromatic carbocycles. The topological polar surface area (TPSA) is 57.0 Å². The van der Waals surface area contributed by atoms with Crippen LogP contribution in [0, 0.1) is 13.8 Å². The van der Waals surface area contributed by atoms with E-state index in [1.165, 1.54) is 17.3 Å². The van der Waals surface area contributed by atoms with Crippen molar-refractivity contribution < 1.29 is 9.53 Å². The molecule has 0 unspecified atom stereocenters. The van der Waals surface area contributed by atoms with E-state index < -0.39 is 0 Å². The molecule has 0 aliphatic heterocycles. The SMILES string of the molecule is COc1ccccc1-n1cnnc1SCC(=O)c1ccc(C)c(C)c1. The van der Waals surface area contributed by atoms with Gasteiger partial charge in [0.15, 0.2) is 10.9 Å². The van der Waals surface area contributed by atoms with Gasteiger partial charge < -0.3 is 4.74 Å². The summed E-state index contributed by atoms with van der Waals surface area (Å²) in [6, 6.07) is 13.4. The number of Topliss-reactive ketones (excluding diaryl/α,β-unsaturated/α-hetero) is 1. The van der Waals surface area contributed by atoms with Crippen LogP contribution in [0.15, 0.2) is 53.9 Å². The molecule has 0 saturated carbocycles. The molecule has 25 heavy (non-hydrogen) atoms. The number of hydrogen-bond donors (Lipinski definition) is 0. The van der Waals surface area contributed by atoms with E-state index in [0.29, 0.717) is 10.9 Å². The summed E-state index contributed by atoms with van der Waals surface area (Å²) in [6.07, 6.45) is 1.63. The van der Waals surface area contributed by atoms with Crippen LogP contribution in [0.2, 0.25) is 0 Å². The zero-order valence-electron chi connectivity index (χ0n) is 14.4. The van der Waals surface area contributed by atoms with Gasteiger partial charge in [-0.15, -0.1) is 10.2 Å². The zero-order chi connectivity index (χ0) is 17.8. The van der Waals surface area contributed by atoms with Crippen LogP contribution in [-0.2, 0) is 0 Å². The minimum Gasteiger partial charge on any atom is -0.495 e. The number of ketones is 1. The maximum Gasteiger partial charge on any atom is 0.196 e. The molecule has 0 saturated heterocycles. The number of ether oxygens (including phenoxy) is 1. The first-order valence-corrected chi connectivity index (χ1v) is 8.85. The van der Waals surface area contributed by atoms with Crippen LogP contribution >= 0.6 is 11.8 Å². The number of nitrogens with zero attached hydrogens (tertiary/aromatic N) is 3. The third-order valence-corrected chi connectivity index (χ3v) is 4.97. The number of aromatic nitrogens is 3. The summed E-state index contributed by atoms with van der Waals surface area (Å²) < 4.78 is 7.22. The van der Waals surface area contributed by atoms with Gasteiger partial charge in [-0.2, -0.15) is 0 Å². The first-order chi connectivity index (χ1) is 12.1. The molecule has 0 aliphatic carbocycles. The molecule has 0 bridgehead atoms. The number of carbonyl (C=O) groups is 1. The number of para-hydroxylation sites is 2. The van der Waals surface area contributed by atoms with Gasteiger partial charge >= 0.3 is 0 Å². The van der Waals surface area contributed by atoms with Gasteiger partial charge in [0.1, 0.15) is 12.1 Å². The molecule has 0 spiro atoms. The fraction of sp³-hybridized carbons (Fsp3) is 0.211. The van der Waals surface area contributed by atoms with Crippen molar-refractivity contribution in [2.24, 2.45) is 0 Å². The molecule has 0 atom stereocenters. The highest BCUT2D eigenvalue weighted by Crippen LogP contribution is 2.27. The fourth-order valence-corrected chi connectivity index (χ4v) is 3.26. The second-order valence-electron chi connectivity index (χ2n) is 5.67. The molecule has 3 rings (SSSR count). The van der Waals surface area contributed by atoms with Crippen molar-refractivity contribution in [1.82, 2.24) is 14.8 Å². The molecular weight excluding hydrogens is 334 g/mol. The van der Waals surface area contributed by atoms with E-state index >= 15 is 0 Å². The lowest BCUT2D eigenvalue weighted by Crippen LogP contribution is -2.05. The molecular formula is C19H19N3O2S. The highest BCUT2D eigenvalue weighted by Gasteiger charge is 2.14. The van der Waals surface area contributed by atoms with Crippen molar-refractivity contribution in [3.05, 3.63) is 65.5 Å². The van der Waals surface area contributed by atoms with E-state index in [0.717, 1.165) is 22.6 Å². The normalized spacial score (nSPS) is 10.7. The van der Waals surface area contributed by atoms with Gasteiger partial charge in [0.25, 0.3) is 0 Å². The van der Waals surface area contributed by atoms with Crippen LogP contribution in [-0.4, -0.2) is 33.4 Å². The first-order valence-electron chi connectivity index (χ1n) is 7.87. The third kappa shape index (κ3) is 3.74. The molecule has 3 aromatic rings. The van der Waals surface area contributed by atoms with Crippen LogP contribution in [0.5, 0.6) is 5.75 Å². The van der Waals surface area contributed by atoms with E-state index in [1.54, 1.807) is 13.4 Å². The van der Waals surface area contributed by atoms with Gasteiger partial charge in [-0.3, -0.25) is 9.36 Å². The summed E-state index contributed by atoms with van der Waals surface area (Å²) in [5.74, 6) is 1.10. The Labute approximate surface area is 151 Å². The number of methoxy groups -OCH3 is 1. The number of thioether (sulfide) groups is 1. The minimum atomic E-state index is 0.0719. The largest absolute Gasteiger partial charge is 0.495 e. The van der Waals surface area contributed by atoms with Gasteiger partial charge in [-0.05, 0) is 43.2 Å². The second-order valence-corrected chi connectivity index (χ2v) is 6.61. The van der Waals surface area contributed by atoms with Crippen molar-refractivity contribution in [1.29, 1.82) is 0 Å². The maximum absolute atomic E-state index is 12.5. The summed E-state index contributed by atoms with van der Waals surface area (Å²) in [7, 11) is 1.62. The van der Waals surface area contributed by atoms with Crippen LogP contribution in [0.4, 0.5) is 0 Å². The average molecular weight is 353 g/mol. The molecule has 0 radical (unpaired) electrons. The Hall–Kier alpha value is -2.60. The number of aryl methyl sites for hydroxylation is 2. The van der Waals surface area contributed by atoms with E-state index in [-0.39, 0.29) is 5.78 Å². The Morgan fingerprint density at radius 3 is 2.72 bits per heavy atom. The molecule has 6 heteroatoms. The molecule has 1 heterocycles. The van der Waals surface area contributed by atoms with Gasteiger partial charge in [0.2, 0.25) is 0 Å². The van der Waals surface area contributed by atoms with Crippen molar-refractivity contribution in [2.45, 2.75) is 19.0 Å². The standard InChI is InChI=1S/C19H19N3O2S/c1-13-8-9-15(10-14(13)2)17(23)11-25-19-21-20-12-22(19)16-6-4-5-7-18(16)24-3/h4-10,12H,11H2,1-3H3. The Kier molecular flexibility index (Phi) is 5.19. The van der Waals surface area contributed by atoms with Gasteiger partial charge in [-0.1, -0.05) is 36.0 Å². The average Bonchev–Trinajstić information content (AvgIpc) is 3.10. The number of rotatable bonds is 6. The molecule has 0 amide bonds. The van der Waals surface area contributed by atoms with E-state index in [9.17, 15) is 4.79 Å². The second kappa shape index (κ2) is 7.53. The van der Waals surface area contributed by atoms with E-state index in [4.69, 9.17) is 4.74 Å². The number of hydrogen-bond acceptors (Lipinski definition) is 5. The lowest BCUT2D eigenvalue weighted by Gasteiger charge is -2.10. The fourth-order valence-electron chi connectivity index (χ4n) is 2.45. The quantitative estimate of drug-likeness (QED) is 0.497. The lowest BCUT2D eigenvalue weighted by atomic mass is 10.0. The van der Waals surface area contributed by atoms with Crippen LogP contribution in [0.1, 0.15) is 21.5 Å². The maximum atomic E-state index is 12.5. The Balaban J connectivity index is 1.77. The molecule has 0 fully saturated rings. The van der Waals surface area contributed by atoms with Crippen LogP contribution < -0.4 is 4.74 Å². The Bertz CT molecular complexity index is 905. The monoisotopic (exact) mass is 353 g/mol. The molecule has 5 nitrogen and oxygen atoms in total. The third-order valence-electron chi connectivity index (χ3n) is 4.02. The summed E-state index contributed by atoms with van der Waals surface area (Å²) >= 11 is 1.36. The lowest BCUT2D eigenvalue weighted by molar-refractivity contribution is 0.102. The summed E-state index contributed by atoms with van der Waals surface area (Å²) in [4.78, 5) is 12.5. The Morgan fingerprint density at radius 2 is 1.96 bits per heavy atom. The van der Waals surface area contributed by atoms with E-state index in [1.807, 2.05) is 60.9 Å². The summed E-state index contributed by atoms with van der Waals surface area (Å²) in [5.41, 5.74) is 3.86. The van der Waals surface area contributed by atoms with Crippen molar-refractivity contribution >= 4 is 17.5 Å². The van der Waals surface area contributed by atoms with Crippen molar-refractivity contribution in [3.63, 3.8) is 0 Å². The Morgan fingerprint density at radius 1 is 1.16 bits per heavy atom. The highest BCUT2D eigenvalue weighted by atomic mass is 32.2. The number of carbonyl (C=O) groups excluding carboxylic acids is 1. The minimum absolute atomic E-state index is 0.0719. The molecule has 128 valence electrons. The summed E-state index contributed by atoms with van der Waals surface area (Å²) in [5, 5.41) is 8.76. The van der Waals surface area contributed by atoms with Gasteiger partial charge in [0.05, 0.1) is 18.6 Å².